The lowest BCUT2D eigenvalue weighted by atomic mass is 10.0. The Labute approximate surface area is 119 Å². The van der Waals surface area contributed by atoms with Gasteiger partial charge in [-0.3, -0.25) is 15.4 Å². The van der Waals surface area contributed by atoms with Crippen LogP contribution in [-0.2, 0) is 11.0 Å². The summed E-state index contributed by atoms with van der Waals surface area (Å²) in [5, 5.41) is 4.55. The summed E-state index contributed by atoms with van der Waals surface area (Å²) in [6, 6.07) is 2.45. The molecule has 0 heterocycles. The number of rotatable bonds is 4. The lowest BCUT2D eigenvalue weighted by Gasteiger charge is -2.22. The molecule has 2 atom stereocenters. The fourth-order valence-corrected chi connectivity index (χ4v) is 1.90. The van der Waals surface area contributed by atoms with Crippen LogP contribution in [0.4, 0.5) is 18.0 Å². The second kappa shape index (κ2) is 6.57. The van der Waals surface area contributed by atoms with Crippen LogP contribution >= 0.6 is 0 Å². The van der Waals surface area contributed by atoms with Crippen LogP contribution in [0.5, 0.6) is 0 Å². The molecular formula is C13H16F3N3O2. The predicted octanol–water partition coefficient (Wildman–Crippen LogP) is 1.94. The van der Waals surface area contributed by atoms with Crippen LogP contribution in [-0.4, -0.2) is 18.0 Å². The standard InChI is InChI=1S/C13H16F3N3O2/c1-7(18-8(2)11(20)19-12(17)21)9-5-3-4-6-10(9)13(14,15)16/h3-8,18H,1-2H3,(H3,17,19,20,21)/t7-,8-/m0/s1. The summed E-state index contributed by atoms with van der Waals surface area (Å²) in [7, 11) is 0. The molecule has 0 saturated heterocycles. The van der Waals surface area contributed by atoms with E-state index in [2.05, 4.69) is 5.32 Å². The number of primary amides is 1. The number of benzene rings is 1. The average Bonchev–Trinajstić information content (AvgIpc) is 2.36. The van der Waals surface area contributed by atoms with Gasteiger partial charge < -0.3 is 5.73 Å². The molecule has 3 amide bonds. The molecule has 8 heteroatoms. The first-order valence-corrected chi connectivity index (χ1v) is 6.15. The normalized spacial score (nSPS) is 14.3. The van der Waals surface area contributed by atoms with Crippen LogP contribution in [0.1, 0.15) is 31.0 Å². The molecule has 4 N–H and O–H groups in total. The number of amides is 3. The Morgan fingerprint density at radius 3 is 2.29 bits per heavy atom. The molecule has 1 aromatic rings. The number of halogens is 3. The molecule has 1 rings (SSSR count). The number of hydrogen-bond acceptors (Lipinski definition) is 3. The molecule has 0 unspecified atom stereocenters. The van der Waals surface area contributed by atoms with Gasteiger partial charge in [0.15, 0.2) is 0 Å². The molecule has 0 aromatic heterocycles. The van der Waals surface area contributed by atoms with Crippen molar-refractivity contribution < 1.29 is 22.8 Å². The average molecular weight is 303 g/mol. The first-order valence-electron chi connectivity index (χ1n) is 6.15. The first kappa shape index (κ1) is 17.0. The van der Waals surface area contributed by atoms with Gasteiger partial charge in [0.1, 0.15) is 0 Å². The van der Waals surface area contributed by atoms with Crippen molar-refractivity contribution in [3.63, 3.8) is 0 Å². The van der Waals surface area contributed by atoms with Crippen LogP contribution in [0, 0.1) is 0 Å². The SMILES string of the molecule is C[C@H](N[C@@H](C)c1ccccc1C(F)(F)F)C(=O)NC(N)=O. The maximum atomic E-state index is 12.9. The largest absolute Gasteiger partial charge is 0.416 e. The minimum Gasteiger partial charge on any atom is -0.351 e. The number of nitrogens with one attached hydrogen (secondary N) is 2. The van der Waals surface area contributed by atoms with E-state index in [4.69, 9.17) is 5.73 Å². The van der Waals surface area contributed by atoms with Crippen molar-refractivity contribution in [3.05, 3.63) is 35.4 Å². The summed E-state index contributed by atoms with van der Waals surface area (Å²) in [6.07, 6.45) is -4.48. The van der Waals surface area contributed by atoms with E-state index in [-0.39, 0.29) is 5.56 Å². The van der Waals surface area contributed by atoms with Crippen molar-refractivity contribution >= 4 is 11.9 Å². The zero-order chi connectivity index (χ0) is 16.2. The molecule has 5 nitrogen and oxygen atoms in total. The Balaban J connectivity index is 2.88. The van der Waals surface area contributed by atoms with Crippen molar-refractivity contribution in [3.8, 4) is 0 Å². The smallest absolute Gasteiger partial charge is 0.351 e. The topological polar surface area (TPSA) is 84.2 Å². The lowest BCUT2D eigenvalue weighted by Crippen LogP contribution is -2.47. The van der Waals surface area contributed by atoms with E-state index in [1.54, 1.807) is 0 Å². The highest BCUT2D eigenvalue weighted by Gasteiger charge is 2.34. The van der Waals surface area contributed by atoms with E-state index in [1.807, 2.05) is 5.32 Å². The highest BCUT2D eigenvalue weighted by molar-refractivity contribution is 5.96. The Bertz CT molecular complexity index is 532. The zero-order valence-corrected chi connectivity index (χ0v) is 11.5. The maximum Gasteiger partial charge on any atom is 0.416 e. The summed E-state index contributed by atoms with van der Waals surface area (Å²) in [5.74, 6) is -0.709. The predicted molar refractivity (Wildman–Crippen MR) is 70.2 cm³/mol. The number of carbonyl (C=O) groups is 2. The van der Waals surface area contributed by atoms with E-state index in [1.165, 1.54) is 32.0 Å². The van der Waals surface area contributed by atoms with Crippen LogP contribution in [0.25, 0.3) is 0 Å². The Kier molecular flexibility index (Phi) is 5.31. The van der Waals surface area contributed by atoms with Gasteiger partial charge in [0.2, 0.25) is 5.91 Å². The van der Waals surface area contributed by atoms with Crippen LogP contribution < -0.4 is 16.4 Å². The number of imide groups is 1. The van der Waals surface area contributed by atoms with E-state index in [9.17, 15) is 22.8 Å². The van der Waals surface area contributed by atoms with Gasteiger partial charge in [0, 0.05) is 6.04 Å². The van der Waals surface area contributed by atoms with Gasteiger partial charge in [0.25, 0.3) is 0 Å². The molecular weight excluding hydrogens is 287 g/mol. The third kappa shape index (κ3) is 4.75. The summed E-state index contributed by atoms with van der Waals surface area (Å²) < 4.78 is 38.7. The number of nitrogens with two attached hydrogens (primary N) is 1. The molecule has 0 aliphatic carbocycles. The molecule has 0 radical (unpaired) electrons. The fourth-order valence-electron chi connectivity index (χ4n) is 1.90. The minimum absolute atomic E-state index is 0.0173. The molecule has 0 aliphatic heterocycles. The molecule has 1 aromatic carbocycles. The van der Waals surface area contributed by atoms with Gasteiger partial charge in [-0.15, -0.1) is 0 Å². The van der Waals surface area contributed by atoms with Gasteiger partial charge in [-0.05, 0) is 25.5 Å². The van der Waals surface area contributed by atoms with Gasteiger partial charge in [-0.25, -0.2) is 4.79 Å². The number of alkyl halides is 3. The van der Waals surface area contributed by atoms with Crippen molar-refractivity contribution in [2.24, 2.45) is 5.73 Å². The van der Waals surface area contributed by atoms with Gasteiger partial charge >= 0.3 is 12.2 Å². The summed E-state index contributed by atoms with van der Waals surface area (Å²) in [5.41, 5.74) is 4.05. The monoisotopic (exact) mass is 303 g/mol. The van der Waals surface area contributed by atoms with E-state index in [0.29, 0.717) is 0 Å². The van der Waals surface area contributed by atoms with Gasteiger partial charge in [-0.1, -0.05) is 18.2 Å². The molecule has 0 bridgehead atoms. The fraction of sp³-hybridized carbons (Fsp3) is 0.385. The van der Waals surface area contributed by atoms with Gasteiger partial charge in [0.05, 0.1) is 11.6 Å². The molecule has 21 heavy (non-hydrogen) atoms. The molecule has 0 saturated carbocycles. The summed E-state index contributed by atoms with van der Waals surface area (Å²) in [6.45, 7) is 2.92. The maximum absolute atomic E-state index is 12.9. The molecule has 0 spiro atoms. The minimum atomic E-state index is -4.48. The quantitative estimate of drug-likeness (QED) is 0.794. The van der Waals surface area contributed by atoms with E-state index < -0.39 is 35.8 Å². The second-order valence-electron chi connectivity index (χ2n) is 4.55. The van der Waals surface area contributed by atoms with Crippen molar-refractivity contribution in [1.82, 2.24) is 10.6 Å². The van der Waals surface area contributed by atoms with Crippen molar-refractivity contribution in [2.45, 2.75) is 32.1 Å². The summed E-state index contributed by atoms with van der Waals surface area (Å²) in [4.78, 5) is 22.1. The third-order valence-electron chi connectivity index (χ3n) is 2.87. The lowest BCUT2D eigenvalue weighted by molar-refractivity contribution is -0.138. The number of urea groups is 1. The van der Waals surface area contributed by atoms with E-state index in [0.717, 1.165) is 6.07 Å². The second-order valence-corrected chi connectivity index (χ2v) is 4.55. The number of carbonyl (C=O) groups excluding carboxylic acids is 2. The summed E-state index contributed by atoms with van der Waals surface area (Å²) >= 11 is 0. The highest BCUT2D eigenvalue weighted by Crippen LogP contribution is 2.34. The molecule has 0 aliphatic rings. The highest BCUT2D eigenvalue weighted by atomic mass is 19.4. The van der Waals surface area contributed by atoms with Crippen LogP contribution in [0.15, 0.2) is 24.3 Å². The molecule has 0 fully saturated rings. The Morgan fingerprint density at radius 1 is 1.19 bits per heavy atom. The zero-order valence-electron chi connectivity index (χ0n) is 11.5. The Morgan fingerprint density at radius 2 is 1.76 bits per heavy atom. The molecule has 116 valence electrons. The van der Waals surface area contributed by atoms with E-state index >= 15 is 0 Å². The van der Waals surface area contributed by atoms with Gasteiger partial charge in [-0.2, -0.15) is 13.2 Å². The Hall–Kier alpha value is -2.09. The number of hydrogen-bond donors (Lipinski definition) is 3. The van der Waals surface area contributed by atoms with Crippen molar-refractivity contribution in [1.29, 1.82) is 0 Å². The van der Waals surface area contributed by atoms with Crippen molar-refractivity contribution in [2.75, 3.05) is 0 Å². The third-order valence-corrected chi connectivity index (χ3v) is 2.87. The van der Waals surface area contributed by atoms with Crippen LogP contribution in [0.2, 0.25) is 0 Å². The van der Waals surface area contributed by atoms with Crippen LogP contribution in [0.3, 0.4) is 0 Å². The first-order chi connectivity index (χ1) is 9.62.